The highest BCUT2D eigenvalue weighted by atomic mass is 32.2. The van der Waals surface area contributed by atoms with Gasteiger partial charge in [0.1, 0.15) is 12.4 Å². The molecule has 1 N–H and O–H groups in total. The first-order valence-electron chi connectivity index (χ1n) is 12.5. The van der Waals surface area contributed by atoms with Crippen molar-refractivity contribution in [2.24, 2.45) is 17.8 Å². The summed E-state index contributed by atoms with van der Waals surface area (Å²) in [5.74, 6) is 1.39. The number of aromatic nitrogens is 1. The molecule has 5 unspecified atom stereocenters. The van der Waals surface area contributed by atoms with Crippen molar-refractivity contribution in [1.29, 1.82) is 0 Å². The number of thioether (sulfide) groups is 1. The quantitative estimate of drug-likeness (QED) is 0.337. The molecule has 4 nitrogen and oxygen atoms in total. The average molecular weight is 517 g/mol. The lowest BCUT2D eigenvalue weighted by atomic mass is 9.75. The van der Waals surface area contributed by atoms with Gasteiger partial charge in [0.25, 0.3) is 0 Å². The Morgan fingerprint density at radius 1 is 1.00 bits per heavy atom. The molecule has 4 aromatic rings. The van der Waals surface area contributed by atoms with Crippen molar-refractivity contribution in [3.8, 4) is 0 Å². The minimum absolute atomic E-state index is 0.0114. The lowest BCUT2D eigenvalue weighted by Gasteiger charge is -2.40. The van der Waals surface area contributed by atoms with E-state index in [1.165, 1.54) is 42.7 Å². The molecule has 3 aliphatic rings. The van der Waals surface area contributed by atoms with Crippen LogP contribution in [0.25, 0.3) is 10.8 Å². The number of hydrogen-bond acceptors (Lipinski definition) is 4. The number of benzene rings is 3. The Hall–Kier alpha value is -2.90. The predicted octanol–water partition coefficient (Wildman–Crippen LogP) is 6.49. The van der Waals surface area contributed by atoms with Crippen LogP contribution in [-0.2, 0) is 11.3 Å². The number of hydrogen-bond donors (Lipinski definition) is 1. The topological polar surface area (TPSA) is 51.1 Å². The number of fused-ring (bicyclic) bond motifs is 7. The summed E-state index contributed by atoms with van der Waals surface area (Å²) >= 11 is 3.07. The van der Waals surface area contributed by atoms with Gasteiger partial charge in [-0.15, -0.1) is 11.8 Å². The molecule has 0 spiro atoms. The average Bonchev–Trinajstić information content (AvgIpc) is 3.58. The van der Waals surface area contributed by atoms with Gasteiger partial charge in [0.2, 0.25) is 5.91 Å². The molecule has 1 aromatic heterocycles. The van der Waals surface area contributed by atoms with Gasteiger partial charge in [-0.05, 0) is 66.2 Å². The Bertz CT molecular complexity index is 1540. The summed E-state index contributed by atoms with van der Waals surface area (Å²) in [6, 6.07) is 20.6. The first-order valence-corrected chi connectivity index (χ1v) is 14.2. The lowest BCUT2D eigenvalue weighted by molar-refractivity contribution is -0.116. The molecule has 0 radical (unpaired) electrons. The molecule has 1 aliphatic heterocycles. The van der Waals surface area contributed by atoms with E-state index in [0.717, 1.165) is 31.9 Å². The van der Waals surface area contributed by atoms with Crippen LogP contribution in [0.5, 0.6) is 0 Å². The number of thiazole rings is 1. The van der Waals surface area contributed by atoms with E-state index in [9.17, 15) is 14.0 Å². The fourth-order valence-electron chi connectivity index (χ4n) is 6.80. The van der Waals surface area contributed by atoms with Crippen LogP contribution >= 0.6 is 23.1 Å². The number of halogens is 1. The molecule has 2 fully saturated rings. The summed E-state index contributed by atoms with van der Waals surface area (Å²) in [5, 5.41) is 6.44. The molecule has 7 heteroatoms. The number of nitrogens with one attached hydrogen (secondary N) is 1. The van der Waals surface area contributed by atoms with Crippen LogP contribution in [0.2, 0.25) is 0 Å². The normalized spacial score (nSPS) is 26.1. The zero-order valence-electron chi connectivity index (χ0n) is 19.5. The van der Waals surface area contributed by atoms with E-state index in [1.807, 2.05) is 66.4 Å². The summed E-state index contributed by atoms with van der Waals surface area (Å²) in [6.07, 6.45) is 3.71. The third-order valence-electron chi connectivity index (χ3n) is 8.29. The van der Waals surface area contributed by atoms with Crippen LogP contribution in [0.1, 0.15) is 35.6 Å². The van der Waals surface area contributed by atoms with E-state index in [4.69, 9.17) is 0 Å². The van der Waals surface area contributed by atoms with Gasteiger partial charge in [-0.2, -0.15) is 0 Å². The van der Waals surface area contributed by atoms with Crippen molar-refractivity contribution in [2.75, 3.05) is 5.32 Å². The molecular formula is C29H25FN2O2S2. The van der Waals surface area contributed by atoms with Gasteiger partial charge in [0, 0.05) is 27.1 Å². The molecule has 7 rings (SSSR count). The Morgan fingerprint density at radius 2 is 1.78 bits per heavy atom. The first-order chi connectivity index (χ1) is 17.6. The van der Waals surface area contributed by atoms with Crippen molar-refractivity contribution in [3.05, 3.63) is 92.7 Å². The molecular weight excluding hydrogens is 491 g/mol. The molecule has 2 saturated carbocycles. The highest BCUT2D eigenvalue weighted by Gasteiger charge is 2.55. The van der Waals surface area contributed by atoms with Crippen LogP contribution in [0, 0.1) is 23.6 Å². The highest BCUT2D eigenvalue weighted by Crippen LogP contribution is 2.64. The van der Waals surface area contributed by atoms with Crippen molar-refractivity contribution in [2.45, 2.75) is 42.0 Å². The smallest absolute Gasteiger partial charge is 0.308 e. The zero-order chi connectivity index (χ0) is 24.4. The number of nitrogens with zero attached hydrogens (tertiary/aromatic N) is 1. The Labute approximate surface area is 216 Å². The molecule has 3 aromatic carbocycles. The zero-order valence-corrected chi connectivity index (χ0v) is 21.2. The van der Waals surface area contributed by atoms with E-state index in [0.29, 0.717) is 23.0 Å². The largest absolute Gasteiger partial charge is 0.324 e. The standard InChI is InChI=1S/C29H25FN2O2S2/c30-20-12-10-17(11-13-20)24-25-18-8-9-19(14-18)26(25)35-28-27(24)36-29(34)32(28)15-23(33)31-22-7-3-5-16-4-1-2-6-21(16)22/h1-7,10-13,18-19,24-26H,8-9,14-15H2,(H,31,33). The fraction of sp³-hybridized carbons (Fsp3) is 0.310. The van der Waals surface area contributed by atoms with Gasteiger partial charge in [-0.1, -0.05) is 59.9 Å². The number of carbonyl (C=O) groups excluding carboxylic acids is 1. The molecule has 36 heavy (non-hydrogen) atoms. The minimum atomic E-state index is -0.246. The van der Waals surface area contributed by atoms with Crippen LogP contribution in [0.15, 0.2) is 76.6 Å². The maximum atomic E-state index is 13.8. The summed E-state index contributed by atoms with van der Waals surface area (Å²) in [5.41, 5.74) is 1.83. The Morgan fingerprint density at radius 3 is 2.64 bits per heavy atom. The number of carbonyl (C=O) groups is 1. The maximum Gasteiger partial charge on any atom is 0.308 e. The number of anilines is 1. The van der Waals surface area contributed by atoms with Crippen LogP contribution in [-0.4, -0.2) is 15.7 Å². The predicted molar refractivity (Wildman–Crippen MR) is 143 cm³/mol. The second kappa shape index (κ2) is 8.60. The summed E-state index contributed by atoms with van der Waals surface area (Å²) in [4.78, 5) is 27.4. The molecule has 2 aliphatic carbocycles. The summed E-state index contributed by atoms with van der Waals surface area (Å²) in [7, 11) is 0. The molecule has 2 heterocycles. The third-order valence-corrected chi connectivity index (χ3v) is 11.1. The van der Waals surface area contributed by atoms with Gasteiger partial charge >= 0.3 is 4.87 Å². The molecule has 5 atom stereocenters. The van der Waals surface area contributed by atoms with Gasteiger partial charge in [0.05, 0.1) is 5.03 Å². The summed E-state index contributed by atoms with van der Waals surface area (Å²) in [6.45, 7) is -0.0114. The van der Waals surface area contributed by atoms with Crippen molar-refractivity contribution in [1.82, 2.24) is 4.57 Å². The van der Waals surface area contributed by atoms with Crippen molar-refractivity contribution < 1.29 is 9.18 Å². The Balaban J connectivity index is 1.25. The van der Waals surface area contributed by atoms with E-state index < -0.39 is 0 Å². The fourth-order valence-corrected chi connectivity index (χ4v) is 9.95. The van der Waals surface area contributed by atoms with E-state index in [-0.39, 0.29) is 29.1 Å². The third kappa shape index (κ3) is 3.55. The molecule has 0 saturated heterocycles. The highest BCUT2D eigenvalue weighted by molar-refractivity contribution is 8.00. The van der Waals surface area contributed by atoms with Gasteiger partial charge < -0.3 is 5.32 Å². The van der Waals surface area contributed by atoms with Gasteiger partial charge in [-0.25, -0.2) is 4.39 Å². The van der Waals surface area contributed by atoms with E-state index in [1.54, 1.807) is 4.57 Å². The minimum Gasteiger partial charge on any atom is -0.324 e. The molecule has 182 valence electrons. The van der Waals surface area contributed by atoms with Gasteiger partial charge in [0.15, 0.2) is 0 Å². The second-order valence-corrected chi connectivity index (χ2v) is 12.4. The SMILES string of the molecule is O=C(Cn1c2c(sc1=O)C(c1ccc(F)cc1)C1C3CCC(C3)C1S2)Nc1cccc2ccccc12. The lowest BCUT2D eigenvalue weighted by Crippen LogP contribution is -2.34. The first kappa shape index (κ1) is 22.3. The number of rotatable bonds is 4. The van der Waals surface area contributed by atoms with E-state index >= 15 is 0 Å². The monoisotopic (exact) mass is 516 g/mol. The van der Waals surface area contributed by atoms with Crippen molar-refractivity contribution in [3.63, 3.8) is 0 Å². The maximum absolute atomic E-state index is 13.8. The van der Waals surface area contributed by atoms with E-state index in [2.05, 4.69) is 5.32 Å². The van der Waals surface area contributed by atoms with Crippen molar-refractivity contribution >= 4 is 45.5 Å². The Kier molecular flexibility index (Phi) is 5.33. The second-order valence-electron chi connectivity index (χ2n) is 10.2. The molecule has 1 amide bonds. The summed E-state index contributed by atoms with van der Waals surface area (Å²) < 4.78 is 15.4. The van der Waals surface area contributed by atoms with Gasteiger partial charge in [-0.3, -0.25) is 14.2 Å². The van der Waals surface area contributed by atoms with Crippen LogP contribution < -0.4 is 10.2 Å². The molecule has 2 bridgehead atoms. The van der Waals surface area contributed by atoms with Crippen LogP contribution in [0.3, 0.4) is 0 Å². The number of amides is 1. The van der Waals surface area contributed by atoms with Crippen LogP contribution in [0.4, 0.5) is 10.1 Å².